The van der Waals surface area contributed by atoms with E-state index < -0.39 is 8.67 Å². The van der Waals surface area contributed by atoms with Crippen molar-refractivity contribution in [3.63, 3.8) is 0 Å². The van der Waals surface area contributed by atoms with Gasteiger partial charge in [-0.15, -0.1) is 0 Å². The number of hydrogen-bond acceptors (Lipinski definition) is 2. The molecule has 1 aliphatic carbocycles. The molecule has 0 amide bonds. The Bertz CT molecular complexity index is 167. The van der Waals surface area contributed by atoms with Crippen LogP contribution in [0.1, 0.15) is 0 Å². The maximum Gasteiger partial charge on any atom is 4.00 e. The van der Waals surface area contributed by atoms with Gasteiger partial charge in [0.05, 0.1) is 0 Å². The van der Waals surface area contributed by atoms with Gasteiger partial charge in [-0.2, -0.15) is 0 Å². The van der Waals surface area contributed by atoms with Crippen molar-refractivity contribution in [2.75, 3.05) is 13.1 Å². The zero-order valence-corrected chi connectivity index (χ0v) is 11.8. The average molecular weight is 447 g/mol. The molecule has 0 aliphatic heterocycles. The van der Waals surface area contributed by atoms with Crippen molar-refractivity contribution in [1.29, 1.82) is 0 Å². The molecule has 2 atom stereocenters. The molecule has 13 heavy (non-hydrogen) atoms. The predicted octanol–water partition coefficient (Wildman–Crippen LogP) is 1.50. The molecular formula is C6H10Cl4N2Pt+4. The molecule has 1 saturated carbocycles. The Morgan fingerprint density at radius 2 is 1.08 bits per heavy atom. The summed E-state index contributed by atoms with van der Waals surface area (Å²) in [4.78, 5) is 0. The molecule has 0 heterocycles. The minimum absolute atomic E-state index is 0. The van der Waals surface area contributed by atoms with Crippen LogP contribution in [0.25, 0.3) is 0 Å². The van der Waals surface area contributed by atoms with E-state index in [0.717, 1.165) is 0 Å². The van der Waals surface area contributed by atoms with Gasteiger partial charge in [-0.05, 0) is 13.1 Å². The monoisotopic (exact) mass is 445 g/mol. The predicted molar refractivity (Wildman–Crippen MR) is 54.0 cm³/mol. The number of rotatable bonds is 2. The van der Waals surface area contributed by atoms with Crippen LogP contribution in [0.4, 0.5) is 0 Å². The third-order valence-electron chi connectivity index (χ3n) is 2.37. The van der Waals surface area contributed by atoms with Gasteiger partial charge < -0.3 is 11.5 Å². The Balaban J connectivity index is 0.00000144. The molecule has 0 bridgehead atoms. The molecule has 0 saturated heterocycles. The summed E-state index contributed by atoms with van der Waals surface area (Å²) in [5, 5.41) is 0. The van der Waals surface area contributed by atoms with Gasteiger partial charge in [-0.25, -0.2) is 0 Å². The van der Waals surface area contributed by atoms with Gasteiger partial charge in [0.25, 0.3) is 0 Å². The number of alkyl halides is 4. The molecule has 78 valence electrons. The zero-order valence-electron chi connectivity index (χ0n) is 6.55. The first-order valence-corrected chi connectivity index (χ1v) is 5.06. The molecule has 1 fully saturated rings. The topological polar surface area (TPSA) is 52.0 Å². The van der Waals surface area contributed by atoms with Gasteiger partial charge in [0, 0.05) is 11.8 Å². The van der Waals surface area contributed by atoms with Gasteiger partial charge in [0.2, 0.25) is 0 Å². The fourth-order valence-electron chi connectivity index (χ4n) is 1.53. The Labute approximate surface area is 112 Å². The molecule has 2 nitrogen and oxygen atoms in total. The largest absolute Gasteiger partial charge is 4.00 e. The summed E-state index contributed by atoms with van der Waals surface area (Å²) in [6.07, 6.45) is 0. The normalized spacial score (nSPS) is 34.6. The van der Waals surface area contributed by atoms with Crippen LogP contribution in [0.2, 0.25) is 0 Å². The minimum Gasteiger partial charge on any atom is -0.330 e. The van der Waals surface area contributed by atoms with E-state index in [0.29, 0.717) is 13.1 Å². The van der Waals surface area contributed by atoms with E-state index in [9.17, 15) is 0 Å². The van der Waals surface area contributed by atoms with Crippen molar-refractivity contribution in [3.8, 4) is 0 Å². The summed E-state index contributed by atoms with van der Waals surface area (Å²) >= 11 is 23.6. The van der Waals surface area contributed by atoms with Crippen LogP contribution >= 0.6 is 46.4 Å². The summed E-state index contributed by atoms with van der Waals surface area (Å²) in [5.41, 5.74) is 10.9. The van der Waals surface area contributed by atoms with Crippen LogP contribution in [0.5, 0.6) is 0 Å². The molecule has 2 unspecified atom stereocenters. The molecule has 4 N–H and O–H groups in total. The third kappa shape index (κ3) is 2.01. The summed E-state index contributed by atoms with van der Waals surface area (Å²) < 4.78 is -2.34. The van der Waals surface area contributed by atoms with Crippen LogP contribution in [0.3, 0.4) is 0 Å². The van der Waals surface area contributed by atoms with Crippen molar-refractivity contribution in [1.82, 2.24) is 0 Å². The standard InChI is InChI=1S/C6H10Cl4N2.Pt/c7-5(8)3(1-11)4(2-12)6(5,9)10;/h3-4H,1-2,11-12H2;/q;+4. The summed E-state index contributed by atoms with van der Waals surface area (Å²) in [7, 11) is 0. The van der Waals surface area contributed by atoms with Gasteiger partial charge in [0.15, 0.2) is 8.67 Å². The summed E-state index contributed by atoms with van der Waals surface area (Å²) in [5.74, 6) is -0.248. The molecule has 0 radical (unpaired) electrons. The van der Waals surface area contributed by atoms with Crippen molar-refractivity contribution >= 4 is 46.4 Å². The van der Waals surface area contributed by atoms with Crippen LogP contribution in [-0.2, 0) is 21.1 Å². The van der Waals surface area contributed by atoms with E-state index in [-0.39, 0.29) is 32.9 Å². The smallest absolute Gasteiger partial charge is 0.330 e. The fourth-order valence-corrected chi connectivity index (χ4v) is 3.05. The third-order valence-corrected chi connectivity index (χ3v) is 5.07. The second-order valence-electron chi connectivity index (χ2n) is 2.93. The zero-order chi connectivity index (χ0) is 9.57. The van der Waals surface area contributed by atoms with Crippen molar-refractivity contribution < 1.29 is 21.1 Å². The molecule has 1 aliphatic rings. The van der Waals surface area contributed by atoms with Crippen LogP contribution < -0.4 is 11.5 Å². The number of halogens is 4. The van der Waals surface area contributed by atoms with Crippen LogP contribution in [0, 0.1) is 11.8 Å². The molecule has 0 spiro atoms. The maximum absolute atomic E-state index is 5.90. The molecule has 7 heteroatoms. The van der Waals surface area contributed by atoms with Gasteiger partial charge in [-0.1, -0.05) is 46.4 Å². The molecular weight excluding hydrogens is 437 g/mol. The first kappa shape index (κ1) is 14.8. The van der Waals surface area contributed by atoms with Crippen molar-refractivity contribution in [2.45, 2.75) is 8.67 Å². The van der Waals surface area contributed by atoms with E-state index in [4.69, 9.17) is 57.9 Å². The van der Waals surface area contributed by atoms with Crippen LogP contribution in [-0.4, -0.2) is 21.8 Å². The van der Waals surface area contributed by atoms with Gasteiger partial charge in [-0.3, -0.25) is 0 Å². The Morgan fingerprint density at radius 1 is 0.846 bits per heavy atom. The second kappa shape index (κ2) is 4.74. The maximum atomic E-state index is 5.90. The molecule has 0 aromatic carbocycles. The minimum atomic E-state index is -1.17. The Morgan fingerprint density at radius 3 is 1.23 bits per heavy atom. The van der Waals surface area contributed by atoms with Crippen molar-refractivity contribution in [3.05, 3.63) is 0 Å². The van der Waals surface area contributed by atoms with E-state index >= 15 is 0 Å². The number of hydrogen-bond donors (Lipinski definition) is 2. The molecule has 1 rings (SSSR count). The fraction of sp³-hybridized carbons (Fsp3) is 1.00. The number of nitrogens with two attached hydrogens (primary N) is 2. The first-order valence-electron chi connectivity index (χ1n) is 3.55. The van der Waals surface area contributed by atoms with Crippen LogP contribution in [0.15, 0.2) is 0 Å². The van der Waals surface area contributed by atoms with E-state index in [2.05, 4.69) is 0 Å². The average Bonchev–Trinajstić information content (AvgIpc) is 1.98. The van der Waals surface area contributed by atoms with E-state index in [1.807, 2.05) is 0 Å². The van der Waals surface area contributed by atoms with Gasteiger partial charge >= 0.3 is 21.1 Å². The second-order valence-corrected chi connectivity index (χ2v) is 5.70. The van der Waals surface area contributed by atoms with E-state index in [1.54, 1.807) is 0 Å². The Kier molecular flexibility index (Phi) is 5.38. The van der Waals surface area contributed by atoms with E-state index in [1.165, 1.54) is 0 Å². The molecule has 0 aromatic heterocycles. The van der Waals surface area contributed by atoms with Gasteiger partial charge in [0.1, 0.15) is 0 Å². The summed E-state index contributed by atoms with van der Waals surface area (Å²) in [6, 6.07) is 0. The Hall–Kier alpha value is 1.77. The van der Waals surface area contributed by atoms with Crippen molar-refractivity contribution in [2.24, 2.45) is 23.3 Å². The molecule has 0 aromatic rings. The summed E-state index contributed by atoms with van der Waals surface area (Å²) in [6.45, 7) is 0.687. The first-order chi connectivity index (χ1) is 5.39. The quantitative estimate of drug-likeness (QED) is 0.631. The SMILES string of the molecule is NCC1C(CN)C(Cl)(Cl)C1(Cl)Cl.[Pt+4].